The number of rotatable bonds is 1. The molecule has 1 aromatic rings. The summed E-state index contributed by atoms with van der Waals surface area (Å²) in [5.41, 5.74) is -0.834. The molecule has 2 nitrogen and oxygen atoms in total. The number of aryl methyl sites for hydroxylation is 1. The van der Waals surface area contributed by atoms with Crippen molar-refractivity contribution in [3.63, 3.8) is 0 Å². The highest BCUT2D eigenvalue weighted by Crippen LogP contribution is 2.34. The first-order valence-corrected chi connectivity index (χ1v) is 4.04. The molecule has 0 radical (unpaired) electrons. The van der Waals surface area contributed by atoms with Crippen LogP contribution in [-0.2, 0) is 19.6 Å². The van der Waals surface area contributed by atoms with Gasteiger partial charge in [0.1, 0.15) is 5.15 Å². The molecule has 0 fully saturated rings. The molecule has 1 heterocycles. The van der Waals surface area contributed by atoms with Gasteiger partial charge in [-0.15, -0.1) is 0 Å². The largest absolute Gasteiger partial charge is 0.435 e. The zero-order valence-electron chi connectivity index (χ0n) is 7.11. The van der Waals surface area contributed by atoms with Gasteiger partial charge in [-0.05, 0) is 6.42 Å². The molecule has 0 aliphatic carbocycles. The number of halogens is 4. The van der Waals surface area contributed by atoms with Gasteiger partial charge in [-0.2, -0.15) is 18.3 Å². The topological polar surface area (TPSA) is 17.8 Å². The molecule has 0 saturated carbocycles. The lowest BCUT2D eigenvalue weighted by molar-refractivity contribution is -0.142. The Bertz CT molecular complexity index is 316. The molecular formula is C7H8ClF3N2. The molecule has 13 heavy (non-hydrogen) atoms. The van der Waals surface area contributed by atoms with Crippen LogP contribution in [0, 0.1) is 0 Å². The lowest BCUT2D eigenvalue weighted by Crippen LogP contribution is -2.09. The molecule has 0 bridgehead atoms. The van der Waals surface area contributed by atoms with Crippen molar-refractivity contribution in [3.8, 4) is 0 Å². The fourth-order valence-corrected chi connectivity index (χ4v) is 1.35. The molecular weight excluding hydrogens is 205 g/mol. The fourth-order valence-electron chi connectivity index (χ4n) is 1.09. The second-order valence-electron chi connectivity index (χ2n) is 2.59. The molecule has 0 atom stereocenters. The van der Waals surface area contributed by atoms with Crippen LogP contribution >= 0.6 is 11.6 Å². The average molecular weight is 213 g/mol. The van der Waals surface area contributed by atoms with E-state index in [4.69, 9.17) is 11.6 Å². The Balaban J connectivity index is 3.30. The fraction of sp³-hybridized carbons (Fsp3) is 0.571. The van der Waals surface area contributed by atoms with Crippen molar-refractivity contribution < 1.29 is 13.2 Å². The SMILES string of the molecule is CCc1c(C(F)(F)F)nn(C)c1Cl. The molecule has 0 saturated heterocycles. The van der Waals surface area contributed by atoms with E-state index in [9.17, 15) is 13.2 Å². The normalized spacial score (nSPS) is 12.2. The Hall–Kier alpha value is -0.710. The maximum Gasteiger partial charge on any atom is 0.435 e. The standard InChI is InChI=1S/C7H8ClF3N2/c1-3-4-5(7(9,10)11)12-13(2)6(4)8/h3H2,1-2H3. The van der Waals surface area contributed by atoms with Crippen molar-refractivity contribution in [2.45, 2.75) is 19.5 Å². The smallest absolute Gasteiger partial charge is 0.256 e. The number of hydrogen-bond donors (Lipinski definition) is 0. The van der Waals surface area contributed by atoms with Crippen molar-refractivity contribution in [2.24, 2.45) is 7.05 Å². The highest BCUT2D eigenvalue weighted by atomic mass is 35.5. The molecule has 74 valence electrons. The molecule has 6 heteroatoms. The quantitative estimate of drug-likeness (QED) is 0.700. The van der Waals surface area contributed by atoms with Crippen molar-refractivity contribution in [1.29, 1.82) is 0 Å². The van der Waals surface area contributed by atoms with E-state index in [1.807, 2.05) is 0 Å². The number of nitrogens with zero attached hydrogens (tertiary/aromatic N) is 2. The second-order valence-corrected chi connectivity index (χ2v) is 2.95. The Morgan fingerprint density at radius 2 is 2.00 bits per heavy atom. The highest BCUT2D eigenvalue weighted by Gasteiger charge is 2.37. The van der Waals surface area contributed by atoms with Crippen LogP contribution in [0.5, 0.6) is 0 Å². The van der Waals surface area contributed by atoms with Gasteiger partial charge in [-0.3, -0.25) is 4.68 Å². The molecule has 0 unspecified atom stereocenters. The maximum atomic E-state index is 12.3. The molecule has 0 spiro atoms. The van der Waals surface area contributed by atoms with Gasteiger partial charge >= 0.3 is 6.18 Å². The van der Waals surface area contributed by atoms with Crippen LogP contribution in [0.3, 0.4) is 0 Å². The van der Waals surface area contributed by atoms with Crippen molar-refractivity contribution in [2.75, 3.05) is 0 Å². The van der Waals surface area contributed by atoms with E-state index in [2.05, 4.69) is 5.10 Å². The monoisotopic (exact) mass is 212 g/mol. The van der Waals surface area contributed by atoms with E-state index < -0.39 is 11.9 Å². The van der Waals surface area contributed by atoms with Crippen LogP contribution in [0.2, 0.25) is 5.15 Å². The second kappa shape index (κ2) is 3.21. The van der Waals surface area contributed by atoms with Gasteiger partial charge in [0.05, 0.1) is 0 Å². The minimum Gasteiger partial charge on any atom is -0.256 e. The third kappa shape index (κ3) is 1.80. The van der Waals surface area contributed by atoms with Gasteiger partial charge < -0.3 is 0 Å². The number of alkyl halides is 3. The molecule has 1 aromatic heterocycles. The Morgan fingerprint density at radius 3 is 2.31 bits per heavy atom. The first-order valence-electron chi connectivity index (χ1n) is 3.66. The van der Waals surface area contributed by atoms with Crippen molar-refractivity contribution in [3.05, 3.63) is 16.4 Å². The summed E-state index contributed by atoms with van der Waals surface area (Å²) in [6.45, 7) is 1.61. The van der Waals surface area contributed by atoms with E-state index in [1.54, 1.807) is 6.92 Å². The Labute approximate surface area is 78.3 Å². The van der Waals surface area contributed by atoms with Crippen LogP contribution in [-0.4, -0.2) is 9.78 Å². The molecule has 0 N–H and O–H groups in total. The number of hydrogen-bond acceptors (Lipinski definition) is 1. The van der Waals surface area contributed by atoms with Crippen molar-refractivity contribution in [1.82, 2.24) is 9.78 Å². The van der Waals surface area contributed by atoms with E-state index in [0.29, 0.717) is 0 Å². The molecule has 0 aromatic carbocycles. The summed E-state index contributed by atoms with van der Waals surface area (Å²) >= 11 is 5.62. The summed E-state index contributed by atoms with van der Waals surface area (Å²) in [5.74, 6) is 0. The van der Waals surface area contributed by atoms with E-state index >= 15 is 0 Å². The Morgan fingerprint density at radius 1 is 1.46 bits per heavy atom. The van der Waals surface area contributed by atoms with Crippen LogP contribution in [0.15, 0.2) is 0 Å². The molecule has 1 rings (SSSR count). The summed E-state index contributed by atoms with van der Waals surface area (Å²) in [7, 11) is 1.39. The average Bonchev–Trinajstić information content (AvgIpc) is 2.28. The zero-order valence-corrected chi connectivity index (χ0v) is 7.87. The van der Waals surface area contributed by atoms with Crippen molar-refractivity contribution >= 4 is 11.6 Å². The van der Waals surface area contributed by atoms with E-state index in [1.165, 1.54) is 7.05 Å². The van der Waals surface area contributed by atoms with Gasteiger partial charge in [0.25, 0.3) is 0 Å². The summed E-state index contributed by atoms with van der Waals surface area (Å²) in [6.07, 6.45) is -4.20. The summed E-state index contributed by atoms with van der Waals surface area (Å²) < 4.78 is 37.9. The zero-order chi connectivity index (χ0) is 10.2. The molecule has 0 aliphatic rings. The summed E-state index contributed by atoms with van der Waals surface area (Å²) in [6, 6.07) is 0. The summed E-state index contributed by atoms with van der Waals surface area (Å²) in [5, 5.41) is 3.36. The highest BCUT2D eigenvalue weighted by molar-refractivity contribution is 6.30. The first kappa shape index (κ1) is 10.4. The molecule has 0 aliphatic heterocycles. The van der Waals surface area contributed by atoms with Crippen LogP contribution < -0.4 is 0 Å². The minimum atomic E-state index is -4.42. The van der Waals surface area contributed by atoms with Gasteiger partial charge in [0.15, 0.2) is 5.69 Å². The van der Waals surface area contributed by atoms with Gasteiger partial charge in [0, 0.05) is 12.6 Å². The van der Waals surface area contributed by atoms with E-state index in [-0.39, 0.29) is 17.1 Å². The summed E-state index contributed by atoms with van der Waals surface area (Å²) in [4.78, 5) is 0. The van der Waals surface area contributed by atoms with Crippen LogP contribution in [0.1, 0.15) is 18.2 Å². The predicted octanol–water partition coefficient (Wildman–Crippen LogP) is 2.65. The van der Waals surface area contributed by atoms with Gasteiger partial charge in [-0.1, -0.05) is 18.5 Å². The van der Waals surface area contributed by atoms with Gasteiger partial charge in [-0.25, -0.2) is 0 Å². The maximum absolute atomic E-state index is 12.3. The minimum absolute atomic E-state index is 0.0508. The van der Waals surface area contributed by atoms with Gasteiger partial charge in [0.2, 0.25) is 0 Å². The molecule has 0 amide bonds. The lowest BCUT2D eigenvalue weighted by atomic mass is 10.2. The third-order valence-electron chi connectivity index (χ3n) is 1.69. The van der Waals surface area contributed by atoms with Crippen LogP contribution in [0.4, 0.5) is 13.2 Å². The Kier molecular flexibility index (Phi) is 2.56. The van der Waals surface area contributed by atoms with Crippen LogP contribution in [0.25, 0.3) is 0 Å². The predicted molar refractivity (Wildman–Crippen MR) is 42.6 cm³/mol. The lowest BCUT2D eigenvalue weighted by Gasteiger charge is -2.03. The van der Waals surface area contributed by atoms with E-state index in [0.717, 1.165) is 4.68 Å². The third-order valence-corrected chi connectivity index (χ3v) is 2.16. The number of aromatic nitrogens is 2. The first-order chi connectivity index (χ1) is 5.88.